The summed E-state index contributed by atoms with van der Waals surface area (Å²) in [6.07, 6.45) is 2.53. The van der Waals surface area contributed by atoms with Gasteiger partial charge in [-0.25, -0.2) is 0 Å². The summed E-state index contributed by atoms with van der Waals surface area (Å²) in [5, 5.41) is 0. The molecule has 1 aliphatic rings. The molecule has 0 aromatic heterocycles. The minimum atomic E-state index is 0.213. The van der Waals surface area contributed by atoms with E-state index in [1.54, 1.807) is 4.90 Å². The van der Waals surface area contributed by atoms with Gasteiger partial charge in [-0.3, -0.25) is 9.69 Å². The lowest BCUT2D eigenvalue weighted by molar-refractivity contribution is -0.118. The summed E-state index contributed by atoms with van der Waals surface area (Å²) in [4.78, 5) is 15.6. The van der Waals surface area contributed by atoms with Crippen molar-refractivity contribution in [3.63, 3.8) is 0 Å². The summed E-state index contributed by atoms with van der Waals surface area (Å²) in [6, 6.07) is 6.44. The SMILES string of the molecule is CN(CS)CCc1ccc2c(c1)CCC(=O)N2C. The lowest BCUT2D eigenvalue weighted by Crippen LogP contribution is -2.31. The van der Waals surface area contributed by atoms with Crippen molar-refractivity contribution in [2.24, 2.45) is 0 Å². The maximum absolute atomic E-state index is 11.6. The monoisotopic (exact) mass is 264 g/mol. The molecule has 0 unspecified atom stereocenters. The van der Waals surface area contributed by atoms with E-state index < -0.39 is 0 Å². The van der Waals surface area contributed by atoms with Gasteiger partial charge in [-0.15, -0.1) is 0 Å². The standard InChI is InChI=1S/C14H20N2OS/c1-15(10-18)8-7-11-3-5-13-12(9-11)4-6-14(17)16(13)2/h3,5,9,18H,4,6-8,10H2,1-2H3. The zero-order chi connectivity index (χ0) is 13.1. The Balaban J connectivity index is 2.10. The number of nitrogens with zero attached hydrogens (tertiary/aromatic N) is 2. The number of fused-ring (bicyclic) bond motifs is 1. The van der Waals surface area contributed by atoms with Crippen LogP contribution in [-0.2, 0) is 17.6 Å². The number of anilines is 1. The smallest absolute Gasteiger partial charge is 0.227 e. The van der Waals surface area contributed by atoms with Crippen molar-refractivity contribution in [2.45, 2.75) is 19.3 Å². The number of hydrogen-bond donors (Lipinski definition) is 1. The number of carbonyl (C=O) groups is 1. The molecule has 0 spiro atoms. The van der Waals surface area contributed by atoms with Gasteiger partial charge in [-0.05, 0) is 37.1 Å². The van der Waals surface area contributed by atoms with Crippen LogP contribution in [0.5, 0.6) is 0 Å². The highest BCUT2D eigenvalue weighted by molar-refractivity contribution is 7.80. The molecule has 0 saturated heterocycles. The highest BCUT2D eigenvalue weighted by Crippen LogP contribution is 2.27. The number of aryl methyl sites for hydroxylation is 1. The molecule has 98 valence electrons. The molecule has 0 aliphatic carbocycles. The predicted molar refractivity (Wildman–Crippen MR) is 78.4 cm³/mol. The van der Waals surface area contributed by atoms with Crippen molar-refractivity contribution in [1.82, 2.24) is 4.90 Å². The fraction of sp³-hybridized carbons (Fsp3) is 0.500. The molecule has 0 saturated carbocycles. The summed E-state index contributed by atoms with van der Waals surface area (Å²) >= 11 is 4.24. The first-order valence-electron chi connectivity index (χ1n) is 6.29. The molecule has 0 radical (unpaired) electrons. The molecular formula is C14H20N2OS. The van der Waals surface area contributed by atoms with Gasteiger partial charge >= 0.3 is 0 Å². The number of rotatable bonds is 4. The van der Waals surface area contributed by atoms with Crippen LogP contribution in [-0.4, -0.2) is 37.3 Å². The molecule has 1 aliphatic heterocycles. The second kappa shape index (κ2) is 5.76. The molecule has 0 atom stereocenters. The fourth-order valence-electron chi connectivity index (χ4n) is 2.26. The topological polar surface area (TPSA) is 23.6 Å². The minimum absolute atomic E-state index is 0.213. The molecule has 4 heteroatoms. The predicted octanol–water partition coefficient (Wildman–Crippen LogP) is 1.96. The van der Waals surface area contributed by atoms with E-state index in [9.17, 15) is 4.79 Å². The number of thiol groups is 1. The zero-order valence-electron chi connectivity index (χ0n) is 11.0. The molecule has 1 aromatic carbocycles. The van der Waals surface area contributed by atoms with E-state index >= 15 is 0 Å². The fourth-order valence-corrected chi connectivity index (χ4v) is 2.40. The Morgan fingerprint density at radius 3 is 2.89 bits per heavy atom. The number of benzene rings is 1. The summed E-state index contributed by atoms with van der Waals surface area (Å²) in [6.45, 7) is 1.01. The van der Waals surface area contributed by atoms with Crippen LogP contribution in [0.1, 0.15) is 17.5 Å². The molecule has 0 bridgehead atoms. The molecule has 0 fully saturated rings. The molecule has 1 heterocycles. The lowest BCUT2D eigenvalue weighted by Gasteiger charge is -2.26. The second-order valence-corrected chi connectivity index (χ2v) is 5.17. The van der Waals surface area contributed by atoms with E-state index in [-0.39, 0.29) is 5.91 Å². The first-order chi connectivity index (χ1) is 8.61. The Bertz CT molecular complexity index is 447. The largest absolute Gasteiger partial charge is 0.315 e. The van der Waals surface area contributed by atoms with Crippen molar-refractivity contribution >= 4 is 24.2 Å². The Labute approximate surface area is 114 Å². The van der Waals surface area contributed by atoms with Crippen LogP contribution in [0.15, 0.2) is 18.2 Å². The third-order valence-electron chi connectivity index (χ3n) is 3.51. The normalized spacial score (nSPS) is 15.1. The van der Waals surface area contributed by atoms with Crippen LogP contribution < -0.4 is 4.90 Å². The van der Waals surface area contributed by atoms with Crippen LogP contribution in [0.3, 0.4) is 0 Å². The minimum Gasteiger partial charge on any atom is -0.315 e. The van der Waals surface area contributed by atoms with Gasteiger partial charge in [-0.2, -0.15) is 12.6 Å². The van der Waals surface area contributed by atoms with Crippen LogP contribution in [0.4, 0.5) is 5.69 Å². The summed E-state index contributed by atoms with van der Waals surface area (Å²) < 4.78 is 0. The zero-order valence-corrected chi connectivity index (χ0v) is 11.9. The van der Waals surface area contributed by atoms with Gasteiger partial charge in [0.2, 0.25) is 5.91 Å². The third kappa shape index (κ3) is 2.87. The Kier molecular flexibility index (Phi) is 4.30. The summed E-state index contributed by atoms with van der Waals surface area (Å²) in [5.74, 6) is 0.993. The number of hydrogen-bond acceptors (Lipinski definition) is 3. The Morgan fingerprint density at radius 2 is 2.17 bits per heavy atom. The van der Waals surface area contributed by atoms with E-state index in [2.05, 4.69) is 42.8 Å². The van der Waals surface area contributed by atoms with Crippen molar-refractivity contribution < 1.29 is 4.79 Å². The number of carbonyl (C=O) groups excluding carboxylic acids is 1. The first-order valence-corrected chi connectivity index (χ1v) is 6.93. The van der Waals surface area contributed by atoms with Crippen molar-refractivity contribution in [2.75, 3.05) is 31.4 Å². The van der Waals surface area contributed by atoms with E-state index in [0.29, 0.717) is 6.42 Å². The first kappa shape index (κ1) is 13.4. The quantitative estimate of drug-likeness (QED) is 0.664. The molecule has 1 aromatic rings. The van der Waals surface area contributed by atoms with Crippen molar-refractivity contribution in [3.05, 3.63) is 29.3 Å². The van der Waals surface area contributed by atoms with Gasteiger partial charge in [0.25, 0.3) is 0 Å². The third-order valence-corrected chi connectivity index (χ3v) is 3.99. The van der Waals surface area contributed by atoms with E-state index in [1.807, 2.05) is 7.05 Å². The van der Waals surface area contributed by atoms with Gasteiger partial charge in [0.15, 0.2) is 0 Å². The number of likely N-dealkylation sites (N-methyl/N-ethyl adjacent to an activating group) is 1. The molecule has 2 rings (SSSR count). The van der Waals surface area contributed by atoms with Gasteiger partial charge < -0.3 is 4.90 Å². The van der Waals surface area contributed by atoms with E-state index in [4.69, 9.17) is 0 Å². The summed E-state index contributed by atoms with van der Waals surface area (Å²) in [7, 11) is 3.92. The molecule has 3 nitrogen and oxygen atoms in total. The van der Waals surface area contributed by atoms with E-state index in [0.717, 1.165) is 31.0 Å². The maximum Gasteiger partial charge on any atom is 0.227 e. The van der Waals surface area contributed by atoms with Crippen LogP contribution >= 0.6 is 12.6 Å². The van der Waals surface area contributed by atoms with E-state index in [1.165, 1.54) is 11.1 Å². The van der Waals surface area contributed by atoms with Crippen LogP contribution in [0.2, 0.25) is 0 Å². The second-order valence-electron chi connectivity index (χ2n) is 4.89. The molecule has 18 heavy (non-hydrogen) atoms. The van der Waals surface area contributed by atoms with Gasteiger partial charge in [0, 0.05) is 31.6 Å². The van der Waals surface area contributed by atoms with Gasteiger partial charge in [0.1, 0.15) is 0 Å². The average molecular weight is 264 g/mol. The lowest BCUT2D eigenvalue weighted by atomic mass is 9.98. The van der Waals surface area contributed by atoms with Crippen molar-refractivity contribution in [3.8, 4) is 0 Å². The van der Waals surface area contributed by atoms with Gasteiger partial charge in [-0.1, -0.05) is 12.1 Å². The number of amides is 1. The Hall–Kier alpha value is -1.00. The van der Waals surface area contributed by atoms with Crippen LogP contribution in [0, 0.1) is 0 Å². The van der Waals surface area contributed by atoms with Crippen molar-refractivity contribution in [1.29, 1.82) is 0 Å². The molecular weight excluding hydrogens is 244 g/mol. The molecule has 0 N–H and O–H groups in total. The van der Waals surface area contributed by atoms with Gasteiger partial charge in [0.05, 0.1) is 0 Å². The Morgan fingerprint density at radius 1 is 1.39 bits per heavy atom. The highest BCUT2D eigenvalue weighted by atomic mass is 32.1. The molecule has 1 amide bonds. The highest BCUT2D eigenvalue weighted by Gasteiger charge is 2.20. The summed E-state index contributed by atoms with van der Waals surface area (Å²) in [5.41, 5.74) is 3.70. The maximum atomic E-state index is 11.6. The van der Waals surface area contributed by atoms with Crippen LogP contribution in [0.25, 0.3) is 0 Å². The average Bonchev–Trinajstić information content (AvgIpc) is 2.40.